The summed E-state index contributed by atoms with van der Waals surface area (Å²) in [5, 5.41) is 1.30. The molecule has 2 aromatic heterocycles. The van der Waals surface area contributed by atoms with Crippen LogP contribution >= 0.6 is 23.1 Å². The molecule has 34 heavy (non-hydrogen) atoms. The largest absolute Gasteiger partial charge is 0.337 e. The minimum absolute atomic E-state index is 0.0426. The van der Waals surface area contributed by atoms with Gasteiger partial charge in [0.2, 0.25) is 5.91 Å². The van der Waals surface area contributed by atoms with Crippen LogP contribution in [0.2, 0.25) is 0 Å². The van der Waals surface area contributed by atoms with Gasteiger partial charge in [0, 0.05) is 17.0 Å². The van der Waals surface area contributed by atoms with Crippen LogP contribution in [0.4, 0.5) is 0 Å². The molecular formula is C27H35N3O2S2. The van der Waals surface area contributed by atoms with Gasteiger partial charge in [-0.05, 0) is 89.1 Å². The molecular weight excluding hydrogens is 462 g/mol. The predicted octanol–water partition coefficient (Wildman–Crippen LogP) is 6.21. The Morgan fingerprint density at radius 2 is 1.85 bits per heavy atom. The summed E-state index contributed by atoms with van der Waals surface area (Å²) < 4.78 is 1.71. The molecule has 3 aromatic rings. The molecule has 2 atom stereocenters. The summed E-state index contributed by atoms with van der Waals surface area (Å²) in [4.78, 5) is 36.1. The van der Waals surface area contributed by atoms with Crippen LogP contribution in [-0.2, 0) is 11.2 Å². The number of hydrogen-bond acceptors (Lipinski definition) is 5. The van der Waals surface area contributed by atoms with E-state index in [0.29, 0.717) is 10.5 Å². The smallest absolute Gasteiger partial charge is 0.267 e. The number of nitrogens with zero attached hydrogens (tertiary/aromatic N) is 3. The van der Waals surface area contributed by atoms with Crippen LogP contribution < -0.4 is 5.56 Å². The van der Waals surface area contributed by atoms with E-state index in [1.807, 2.05) is 30.0 Å². The highest BCUT2D eigenvalue weighted by Gasteiger charge is 2.29. The molecule has 0 aliphatic carbocycles. The summed E-state index contributed by atoms with van der Waals surface area (Å²) in [6.07, 6.45) is 5.24. The van der Waals surface area contributed by atoms with Crippen molar-refractivity contribution in [3.8, 4) is 5.69 Å². The Morgan fingerprint density at radius 1 is 1.15 bits per heavy atom. The van der Waals surface area contributed by atoms with Gasteiger partial charge in [-0.3, -0.25) is 14.2 Å². The quantitative estimate of drug-likeness (QED) is 0.300. The van der Waals surface area contributed by atoms with Gasteiger partial charge in [-0.15, -0.1) is 11.3 Å². The molecule has 182 valence electrons. The fourth-order valence-electron chi connectivity index (χ4n) is 4.98. The summed E-state index contributed by atoms with van der Waals surface area (Å²) in [5.74, 6) is 0.406. The van der Waals surface area contributed by atoms with E-state index in [-0.39, 0.29) is 29.3 Å². The van der Waals surface area contributed by atoms with E-state index in [1.165, 1.54) is 28.6 Å². The Morgan fingerprint density at radius 3 is 2.50 bits per heavy atom. The molecule has 0 saturated carbocycles. The number of fused-ring (bicyclic) bond motifs is 1. The molecule has 4 rings (SSSR count). The van der Waals surface area contributed by atoms with Crippen molar-refractivity contribution in [1.29, 1.82) is 0 Å². The monoisotopic (exact) mass is 497 g/mol. The first-order valence-corrected chi connectivity index (χ1v) is 14.1. The van der Waals surface area contributed by atoms with Gasteiger partial charge >= 0.3 is 0 Å². The van der Waals surface area contributed by atoms with Gasteiger partial charge in [0.15, 0.2) is 5.16 Å². The maximum Gasteiger partial charge on any atom is 0.267 e. The molecule has 0 bridgehead atoms. The zero-order chi connectivity index (χ0) is 24.6. The number of amides is 1. The summed E-state index contributed by atoms with van der Waals surface area (Å²) in [7, 11) is 0. The predicted molar refractivity (Wildman–Crippen MR) is 144 cm³/mol. The molecule has 3 heterocycles. The third-order valence-corrected chi connectivity index (χ3v) is 9.23. The molecule has 0 radical (unpaired) electrons. The van der Waals surface area contributed by atoms with Crippen molar-refractivity contribution in [3.63, 3.8) is 0 Å². The Balaban J connectivity index is 1.78. The molecule has 7 heteroatoms. The molecule has 5 nitrogen and oxygen atoms in total. The van der Waals surface area contributed by atoms with E-state index in [4.69, 9.17) is 4.98 Å². The van der Waals surface area contributed by atoms with Gasteiger partial charge < -0.3 is 4.90 Å². The van der Waals surface area contributed by atoms with Crippen LogP contribution in [-0.4, -0.2) is 38.2 Å². The second-order valence-electron chi connectivity index (χ2n) is 9.60. The maximum absolute atomic E-state index is 13.9. The van der Waals surface area contributed by atoms with Crippen LogP contribution in [0.25, 0.3) is 15.9 Å². The van der Waals surface area contributed by atoms with Gasteiger partial charge in [0.25, 0.3) is 5.56 Å². The minimum Gasteiger partial charge on any atom is -0.337 e. The van der Waals surface area contributed by atoms with Crippen LogP contribution in [0, 0.1) is 20.8 Å². The van der Waals surface area contributed by atoms with Gasteiger partial charge in [0.1, 0.15) is 4.83 Å². The van der Waals surface area contributed by atoms with Crippen LogP contribution in [0.1, 0.15) is 68.0 Å². The van der Waals surface area contributed by atoms with E-state index in [1.54, 1.807) is 15.9 Å². The van der Waals surface area contributed by atoms with E-state index in [2.05, 4.69) is 34.6 Å². The second-order valence-corrected chi connectivity index (χ2v) is 11.6. The number of hydrogen-bond donors (Lipinski definition) is 0. The van der Waals surface area contributed by atoms with Crippen molar-refractivity contribution >= 4 is 39.2 Å². The molecule has 0 unspecified atom stereocenters. The van der Waals surface area contributed by atoms with Crippen molar-refractivity contribution in [2.24, 2.45) is 0 Å². The first kappa shape index (κ1) is 25.0. The molecule has 1 aromatic carbocycles. The van der Waals surface area contributed by atoms with E-state index in [9.17, 15) is 9.59 Å². The zero-order valence-electron chi connectivity index (χ0n) is 21.1. The van der Waals surface area contributed by atoms with E-state index >= 15 is 0 Å². The second kappa shape index (κ2) is 10.2. The Kier molecular flexibility index (Phi) is 7.53. The number of aromatic nitrogens is 2. The van der Waals surface area contributed by atoms with Crippen LogP contribution in [0.3, 0.4) is 0 Å². The Hall–Kier alpha value is -2.12. The van der Waals surface area contributed by atoms with Gasteiger partial charge in [-0.25, -0.2) is 4.98 Å². The van der Waals surface area contributed by atoms with Gasteiger partial charge in [0.05, 0.1) is 16.8 Å². The van der Waals surface area contributed by atoms with Crippen molar-refractivity contribution in [2.75, 3.05) is 5.75 Å². The van der Waals surface area contributed by atoms with Crippen LogP contribution in [0.5, 0.6) is 0 Å². The highest BCUT2D eigenvalue weighted by molar-refractivity contribution is 7.99. The first-order valence-electron chi connectivity index (χ1n) is 12.3. The molecule has 0 spiro atoms. The fraction of sp³-hybridized carbons (Fsp3) is 0.519. The average molecular weight is 498 g/mol. The minimum atomic E-state index is -0.0426. The summed E-state index contributed by atoms with van der Waals surface area (Å²) in [5.41, 5.74) is 4.11. The summed E-state index contributed by atoms with van der Waals surface area (Å²) in [6.45, 7) is 12.6. The summed E-state index contributed by atoms with van der Waals surface area (Å²) in [6, 6.07) is 6.57. The van der Waals surface area contributed by atoms with E-state index < -0.39 is 0 Å². The maximum atomic E-state index is 13.9. The van der Waals surface area contributed by atoms with Crippen molar-refractivity contribution < 1.29 is 4.79 Å². The number of carbonyl (C=O) groups is 1. The fourth-order valence-corrected chi connectivity index (χ4v) is 7.18. The first-order chi connectivity index (χ1) is 16.2. The van der Waals surface area contributed by atoms with Crippen LogP contribution in [0.15, 0.2) is 28.2 Å². The molecule has 1 saturated heterocycles. The molecule has 1 amide bonds. The number of thioether (sulfide) groups is 1. The van der Waals surface area contributed by atoms with Gasteiger partial charge in [-0.1, -0.05) is 31.2 Å². The third kappa shape index (κ3) is 4.69. The molecule has 0 N–H and O–H groups in total. The standard InChI is InChI=1S/C27H35N3O2S2/c1-7-9-22-20(6)24-25(34-22)28-27(30(26(24)32)21-13-12-16(2)17(3)14-21)33-15-23(31)29-18(4)10-8-11-19(29)5/h12-14,18-19H,7-11,15H2,1-6H3/t18-,19-/m1/s1. The van der Waals surface area contributed by atoms with Crippen molar-refractivity contribution in [2.45, 2.75) is 90.9 Å². The number of carbonyl (C=O) groups excluding carboxylic acids is 1. The van der Waals surface area contributed by atoms with Crippen molar-refractivity contribution in [1.82, 2.24) is 14.5 Å². The lowest BCUT2D eigenvalue weighted by Crippen LogP contribution is -2.48. The number of benzene rings is 1. The number of piperidine rings is 1. The number of aryl methyl sites for hydroxylation is 4. The van der Waals surface area contributed by atoms with Crippen molar-refractivity contribution in [3.05, 3.63) is 50.1 Å². The summed E-state index contributed by atoms with van der Waals surface area (Å²) >= 11 is 3.00. The zero-order valence-corrected chi connectivity index (χ0v) is 22.7. The molecule has 1 aliphatic rings. The number of likely N-dealkylation sites (tertiary alicyclic amines) is 1. The Labute approximate surface area is 210 Å². The average Bonchev–Trinajstić information content (AvgIpc) is 3.10. The van der Waals surface area contributed by atoms with Gasteiger partial charge in [-0.2, -0.15) is 0 Å². The highest BCUT2D eigenvalue weighted by Crippen LogP contribution is 2.32. The lowest BCUT2D eigenvalue weighted by atomic mass is 9.98. The topological polar surface area (TPSA) is 55.2 Å². The van der Waals surface area contributed by atoms with E-state index in [0.717, 1.165) is 47.3 Å². The highest BCUT2D eigenvalue weighted by atomic mass is 32.2. The SMILES string of the molecule is CCCc1sc2nc(SCC(=O)N3[C@H](C)CCC[C@H]3C)n(-c3ccc(C)c(C)c3)c(=O)c2c1C. The molecule has 1 aliphatic heterocycles. The Bertz CT molecular complexity index is 1270. The third-order valence-electron chi connectivity index (χ3n) is 7.06. The number of thiophene rings is 1. The lowest BCUT2D eigenvalue weighted by molar-refractivity contribution is -0.134. The molecule has 1 fully saturated rings. The number of rotatable bonds is 6. The normalized spacial score (nSPS) is 18.6. The lowest BCUT2D eigenvalue weighted by Gasteiger charge is -2.39.